The smallest absolute Gasteiger partial charge is 0.322 e. The van der Waals surface area contributed by atoms with E-state index in [0.717, 1.165) is 0 Å². The third-order valence-corrected chi connectivity index (χ3v) is 2.05. The van der Waals surface area contributed by atoms with Gasteiger partial charge in [0, 0.05) is 19.8 Å². The Kier molecular flexibility index (Phi) is 10.0. The van der Waals surface area contributed by atoms with E-state index in [2.05, 4.69) is 29.8 Å². The summed E-state index contributed by atoms with van der Waals surface area (Å²) in [6.07, 6.45) is 0.686. The fraction of sp³-hybridized carbons (Fsp3) is 0.750. The molecule has 4 N–H and O–H groups in total. The second kappa shape index (κ2) is 11.0. The molecule has 20 heavy (non-hydrogen) atoms. The maximum absolute atomic E-state index is 11.3. The molecular weight excluding hydrogens is 266 g/mol. The minimum absolute atomic E-state index is 0.261. The van der Waals surface area contributed by atoms with Crippen LogP contribution in [0.15, 0.2) is 0 Å². The van der Waals surface area contributed by atoms with E-state index in [1.165, 1.54) is 0 Å². The molecule has 0 radical (unpaired) electrons. The normalized spacial score (nSPS) is 10.2. The largest absolute Gasteiger partial charge is 0.480 e. The van der Waals surface area contributed by atoms with Crippen molar-refractivity contribution in [1.29, 1.82) is 0 Å². The predicted molar refractivity (Wildman–Crippen MR) is 72.3 cm³/mol. The van der Waals surface area contributed by atoms with Crippen molar-refractivity contribution in [2.75, 3.05) is 32.8 Å². The Labute approximate surface area is 118 Å². The summed E-state index contributed by atoms with van der Waals surface area (Å²) in [5.41, 5.74) is 0. The van der Waals surface area contributed by atoms with Gasteiger partial charge in [-0.1, -0.05) is 13.8 Å². The van der Waals surface area contributed by atoms with Crippen molar-refractivity contribution in [3.8, 4) is 0 Å². The molecule has 0 heterocycles. The Morgan fingerprint density at radius 3 is 2.40 bits per heavy atom. The summed E-state index contributed by atoms with van der Waals surface area (Å²) in [6, 6.07) is -0.473. The molecule has 0 aromatic carbocycles. The molecule has 116 valence electrons. The van der Waals surface area contributed by atoms with Crippen LogP contribution < -0.4 is 16.0 Å². The Balaban J connectivity index is 3.45. The molecule has 8 heteroatoms. The number of amides is 3. The summed E-state index contributed by atoms with van der Waals surface area (Å²) in [5.74, 6) is -1.21. The summed E-state index contributed by atoms with van der Waals surface area (Å²) < 4.78 is 5.34. The zero-order valence-corrected chi connectivity index (χ0v) is 11.9. The lowest BCUT2D eigenvalue weighted by molar-refractivity contribution is -0.137. The van der Waals surface area contributed by atoms with Crippen LogP contribution in [0.25, 0.3) is 0 Å². The zero-order chi connectivity index (χ0) is 15.4. The number of carbonyl (C=O) groups is 3. The molecule has 0 unspecified atom stereocenters. The van der Waals surface area contributed by atoms with Gasteiger partial charge >= 0.3 is 12.0 Å². The first-order valence-corrected chi connectivity index (χ1v) is 6.49. The third kappa shape index (κ3) is 12.6. The molecule has 0 atom stereocenters. The summed E-state index contributed by atoms with van der Waals surface area (Å²) in [7, 11) is 0. The lowest BCUT2D eigenvalue weighted by Crippen LogP contribution is -2.43. The molecule has 0 rings (SSSR count). The van der Waals surface area contributed by atoms with Crippen LogP contribution in [0.5, 0.6) is 0 Å². The number of carbonyl (C=O) groups excluding carboxylic acids is 2. The van der Waals surface area contributed by atoms with Crippen LogP contribution in [-0.2, 0) is 14.3 Å². The highest BCUT2D eigenvalue weighted by molar-refractivity contribution is 5.86. The molecule has 0 saturated carbocycles. The third-order valence-electron chi connectivity index (χ3n) is 2.05. The molecule has 0 aromatic heterocycles. The first-order valence-electron chi connectivity index (χ1n) is 6.49. The van der Waals surface area contributed by atoms with E-state index in [4.69, 9.17) is 9.84 Å². The van der Waals surface area contributed by atoms with Gasteiger partial charge in [0.05, 0.1) is 6.54 Å². The van der Waals surface area contributed by atoms with E-state index >= 15 is 0 Å². The van der Waals surface area contributed by atoms with E-state index < -0.39 is 24.5 Å². The number of hydrogen-bond acceptors (Lipinski definition) is 4. The summed E-state index contributed by atoms with van der Waals surface area (Å²) in [6.45, 7) is 5.09. The molecule has 0 spiro atoms. The second-order valence-corrected chi connectivity index (χ2v) is 4.60. The summed E-state index contributed by atoms with van der Waals surface area (Å²) in [4.78, 5) is 32.5. The van der Waals surface area contributed by atoms with Crippen LogP contribution in [0, 0.1) is 5.92 Å². The second-order valence-electron chi connectivity index (χ2n) is 4.60. The SMILES string of the molecule is CC(C)COCCCNC(=O)NCC(=O)NCC(=O)O. The molecule has 0 aromatic rings. The zero-order valence-electron chi connectivity index (χ0n) is 11.9. The maximum Gasteiger partial charge on any atom is 0.322 e. The van der Waals surface area contributed by atoms with Gasteiger partial charge in [-0.3, -0.25) is 9.59 Å². The average molecular weight is 289 g/mol. The number of rotatable bonds is 10. The monoisotopic (exact) mass is 289 g/mol. The molecule has 3 amide bonds. The van der Waals surface area contributed by atoms with E-state index in [1.807, 2.05) is 0 Å². The molecule has 0 bridgehead atoms. The van der Waals surface area contributed by atoms with Gasteiger partial charge in [-0.15, -0.1) is 0 Å². The molecule has 0 aliphatic carbocycles. The Hall–Kier alpha value is -1.83. The minimum Gasteiger partial charge on any atom is -0.480 e. The highest BCUT2D eigenvalue weighted by Crippen LogP contribution is 1.92. The van der Waals surface area contributed by atoms with Crippen molar-refractivity contribution in [2.45, 2.75) is 20.3 Å². The lowest BCUT2D eigenvalue weighted by Gasteiger charge is -2.09. The molecule has 0 fully saturated rings. The number of hydrogen-bond donors (Lipinski definition) is 4. The van der Waals surface area contributed by atoms with Crippen LogP contribution in [0.1, 0.15) is 20.3 Å². The highest BCUT2D eigenvalue weighted by Gasteiger charge is 2.05. The standard InChI is InChI=1S/C12H23N3O5/c1-9(2)8-20-5-3-4-13-12(19)15-6-10(16)14-7-11(17)18/h9H,3-8H2,1-2H3,(H,14,16)(H,17,18)(H2,13,15,19). The van der Waals surface area contributed by atoms with Crippen LogP contribution >= 0.6 is 0 Å². The van der Waals surface area contributed by atoms with Gasteiger partial charge in [0.25, 0.3) is 0 Å². The number of carboxylic acid groups (broad SMARTS) is 1. The topological polar surface area (TPSA) is 117 Å². The van der Waals surface area contributed by atoms with Crippen molar-refractivity contribution in [2.24, 2.45) is 5.92 Å². The number of urea groups is 1. The average Bonchev–Trinajstić information content (AvgIpc) is 2.37. The van der Waals surface area contributed by atoms with Crippen molar-refractivity contribution >= 4 is 17.9 Å². The van der Waals surface area contributed by atoms with E-state index in [-0.39, 0.29) is 6.54 Å². The van der Waals surface area contributed by atoms with Gasteiger partial charge in [-0.05, 0) is 12.3 Å². The van der Waals surface area contributed by atoms with Crippen LogP contribution in [0.3, 0.4) is 0 Å². The van der Waals surface area contributed by atoms with Gasteiger partial charge in [0.1, 0.15) is 6.54 Å². The number of ether oxygens (including phenoxy) is 1. The minimum atomic E-state index is -1.14. The summed E-state index contributed by atoms with van der Waals surface area (Å²) >= 11 is 0. The quantitative estimate of drug-likeness (QED) is 0.406. The highest BCUT2D eigenvalue weighted by atomic mass is 16.5. The first kappa shape index (κ1) is 18.2. The molecule has 0 aliphatic heterocycles. The van der Waals surface area contributed by atoms with Crippen LogP contribution in [-0.4, -0.2) is 55.9 Å². The lowest BCUT2D eigenvalue weighted by atomic mass is 10.2. The van der Waals surface area contributed by atoms with E-state index in [1.54, 1.807) is 0 Å². The maximum atomic E-state index is 11.3. The van der Waals surface area contributed by atoms with Crippen molar-refractivity contribution < 1.29 is 24.2 Å². The van der Waals surface area contributed by atoms with Gasteiger partial charge < -0.3 is 25.8 Å². The molecule has 0 saturated heterocycles. The van der Waals surface area contributed by atoms with Crippen LogP contribution in [0.4, 0.5) is 4.79 Å². The Bertz CT molecular complexity index is 320. The predicted octanol–water partition coefficient (Wildman–Crippen LogP) is -0.451. The molecular formula is C12H23N3O5. The Morgan fingerprint density at radius 1 is 1.10 bits per heavy atom. The fourth-order valence-electron chi connectivity index (χ4n) is 1.15. The van der Waals surface area contributed by atoms with Crippen LogP contribution in [0.2, 0.25) is 0 Å². The van der Waals surface area contributed by atoms with Gasteiger partial charge in [-0.25, -0.2) is 4.79 Å². The van der Waals surface area contributed by atoms with Gasteiger partial charge in [0.2, 0.25) is 5.91 Å². The van der Waals surface area contributed by atoms with Crippen molar-refractivity contribution in [3.63, 3.8) is 0 Å². The summed E-state index contributed by atoms with van der Waals surface area (Å²) in [5, 5.41) is 15.3. The van der Waals surface area contributed by atoms with Gasteiger partial charge in [0.15, 0.2) is 0 Å². The number of carboxylic acids is 1. The molecule has 8 nitrogen and oxygen atoms in total. The van der Waals surface area contributed by atoms with E-state index in [9.17, 15) is 14.4 Å². The first-order chi connectivity index (χ1) is 9.41. The van der Waals surface area contributed by atoms with E-state index in [0.29, 0.717) is 32.1 Å². The van der Waals surface area contributed by atoms with Crippen molar-refractivity contribution in [3.05, 3.63) is 0 Å². The Morgan fingerprint density at radius 2 is 1.80 bits per heavy atom. The molecule has 0 aliphatic rings. The van der Waals surface area contributed by atoms with Gasteiger partial charge in [-0.2, -0.15) is 0 Å². The number of nitrogens with one attached hydrogen (secondary N) is 3. The van der Waals surface area contributed by atoms with Crippen molar-refractivity contribution in [1.82, 2.24) is 16.0 Å². The number of aliphatic carboxylic acids is 1. The fourth-order valence-corrected chi connectivity index (χ4v) is 1.15.